The van der Waals surface area contributed by atoms with E-state index in [4.69, 9.17) is 28.4 Å². The van der Waals surface area contributed by atoms with E-state index in [0.717, 1.165) is 11.1 Å². The fourth-order valence-corrected chi connectivity index (χ4v) is 6.10. The molecule has 0 N–H and O–H groups in total. The summed E-state index contributed by atoms with van der Waals surface area (Å²) in [5.41, 5.74) is 1.50. The molecule has 0 aliphatic heterocycles. The second-order valence-electron chi connectivity index (χ2n) is 7.17. The summed E-state index contributed by atoms with van der Waals surface area (Å²) < 4.78 is 34.0. The molecule has 0 spiro atoms. The van der Waals surface area contributed by atoms with Gasteiger partial charge in [0.05, 0.1) is 28.4 Å². The van der Waals surface area contributed by atoms with E-state index in [1.807, 2.05) is 12.1 Å². The molecule has 186 valence electrons. The van der Waals surface area contributed by atoms with E-state index in [-0.39, 0.29) is 11.8 Å². The highest BCUT2D eigenvalue weighted by Gasteiger charge is 2.38. The molecule has 10 heteroatoms. The SMILES string of the molecule is COc1ccc([C@@H](OC=O)[C@@H](CI)[C@H](CI)[C@H](OC=O)c2ccc(OC)c(OC)c2)cc1OC. The van der Waals surface area contributed by atoms with Crippen molar-refractivity contribution in [3.63, 3.8) is 0 Å². The fourth-order valence-electron chi connectivity index (χ4n) is 3.87. The Balaban J connectivity index is 2.55. The lowest BCUT2D eigenvalue weighted by Gasteiger charge is -2.35. The zero-order chi connectivity index (χ0) is 25.1. The second-order valence-corrected chi connectivity index (χ2v) is 8.93. The van der Waals surface area contributed by atoms with Gasteiger partial charge in [0, 0.05) is 20.7 Å². The molecule has 0 aromatic heterocycles. The predicted molar refractivity (Wildman–Crippen MR) is 144 cm³/mol. The lowest BCUT2D eigenvalue weighted by Crippen LogP contribution is -2.32. The van der Waals surface area contributed by atoms with Crippen LogP contribution in [-0.2, 0) is 19.1 Å². The third kappa shape index (κ3) is 6.58. The Morgan fingerprint density at radius 1 is 0.647 bits per heavy atom. The number of carbonyl (C=O) groups is 2. The van der Waals surface area contributed by atoms with Gasteiger partial charge in [-0.1, -0.05) is 57.3 Å². The fraction of sp³-hybridized carbons (Fsp3) is 0.417. The molecule has 0 amide bonds. The molecule has 0 bridgehead atoms. The summed E-state index contributed by atoms with van der Waals surface area (Å²) in [7, 11) is 6.21. The predicted octanol–water partition coefficient (Wildman–Crippen LogP) is 4.95. The first-order valence-electron chi connectivity index (χ1n) is 10.3. The molecule has 34 heavy (non-hydrogen) atoms. The van der Waals surface area contributed by atoms with Crippen LogP contribution in [0.3, 0.4) is 0 Å². The summed E-state index contributed by atoms with van der Waals surface area (Å²) in [6.07, 6.45) is -1.21. The molecule has 0 saturated heterocycles. The molecule has 2 rings (SSSR count). The lowest BCUT2D eigenvalue weighted by molar-refractivity contribution is -0.144. The van der Waals surface area contributed by atoms with Crippen LogP contribution in [0.1, 0.15) is 23.3 Å². The van der Waals surface area contributed by atoms with E-state index in [0.29, 0.717) is 44.8 Å². The monoisotopic (exact) mass is 698 g/mol. The number of halogens is 2. The van der Waals surface area contributed by atoms with Gasteiger partial charge in [-0.25, -0.2) is 0 Å². The van der Waals surface area contributed by atoms with Crippen LogP contribution in [0.25, 0.3) is 0 Å². The van der Waals surface area contributed by atoms with Gasteiger partial charge in [-0.2, -0.15) is 0 Å². The average Bonchev–Trinajstić information content (AvgIpc) is 2.88. The summed E-state index contributed by atoms with van der Waals surface area (Å²) in [6, 6.07) is 10.8. The van der Waals surface area contributed by atoms with Crippen molar-refractivity contribution in [3.05, 3.63) is 47.5 Å². The van der Waals surface area contributed by atoms with Crippen molar-refractivity contribution in [2.45, 2.75) is 12.2 Å². The molecule has 0 aliphatic carbocycles. The number of alkyl halides is 2. The quantitative estimate of drug-likeness (QED) is 0.147. The number of hydrogen-bond acceptors (Lipinski definition) is 8. The van der Waals surface area contributed by atoms with Crippen LogP contribution >= 0.6 is 45.2 Å². The van der Waals surface area contributed by atoms with E-state index < -0.39 is 12.2 Å². The highest BCUT2D eigenvalue weighted by atomic mass is 127. The maximum Gasteiger partial charge on any atom is 0.293 e. The molecule has 2 aromatic rings. The molecule has 8 nitrogen and oxygen atoms in total. The van der Waals surface area contributed by atoms with Crippen molar-refractivity contribution in [3.8, 4) is 23.0 Å². The maximum atomic E-state index is 11.5. The minimum atomic E-state index is -0.605. The zero-order valence-corrected chi connectivity index (χ0v) is 23.7. The Morgan fingerprint density at radius 3 is 1.26 bits per heavy atom. The van der Waals surface area contributed by atoms with Crippen LogP contribution in [0.2, 0.25) is 0 Å². The summed E-state index contributed by atoms with van der Waals surface area (Å²) in [5, 5.41) is 0. The molecular weight excluding hydrogens is 670 g/mol. The third-order valence-corrected chi connectivity index (χ3v) is 7.59. The van der Waals surface area contributed by atoms with E-state index in [9.17, 15) is 9.59 Å². The van der Waals surface area contributed by atoms with Gasteiger partial charge in [-0.05, 0) is 35.4 Å². The zero-order valence-electron chi connectivity index (χ0n) is 19.4. The van der Waals surface area contributed by atoms with Gasteiger partial charge in [0.15, 0.2) is 23.0 Å². The van der Waals surface area contributed by atoms with Crippen LogP contribution in [0.5, 0.6) is 23.0 Å². The Hall–Kier alpha value is -1.96. The Morgan fingerprint density at radius 2 is 1.00 bits per heavy atom. The van der Waals surface area contributed by atoms with Crippen LogP contribution in [-0.4, -0.2) is 50.2 Å². The number of benzene rings is 2. The van der Waals surface area contributed by atoms with Crippen molar-refractivity contribution in [1.29, 1.82) is 0 Å². The maximum absolute atomic E-state index is 11.5. The van der Waals surface area contributed by atoms with E-state index in [1.165, 1.54) is 0 Å². The van der Waals surface area contributed by atoms with Gasteiger partial charge in [-0.15, -0.1) is 0 Å². The molecule has 0 heterocycles. The molecule has 0 unspecified atom stereocenters. The second kappa shape index (κ2) is 14.4. The smallest absolute Gasteiger partial charge is 0.293 e. The van der Waals surface area contributed by atoms with Gasteiger partial charge < -0.3 is 28.4 Å². The Bertz CT molecular complexity index is 864. The van der Waals surface area contributed by atoms with Crippen LogP contribution < -0.4 is 18.9 Å². The van der Waals surface area contributed by atoms with Crippen molar-refractivity contribution in [1.82, 2.24) is 0 Å². The number of hydrogen-bond donors (Lipinski definition) is 0. The highest BCUT2D eigenvalue weighted by Crippen LogP contribution is 2.44. The van der Waals surface area contributed by atoms with Crippen LogP contribution in [0, 0.1) is 11.8 Å². The van der Waals surface area contributed by atoms with Gasteiger partial charge in [0.2, 0.25) is 0 Å². The summed E-state index contributed by atoms with van der Waals surface area (Å²) in [5.74, 6) is 1.80. The first-order chi connectivity index (χ1) is 16.5. The topological polar surface area (TPSA) is 89.5 Å². The lowest BCUT2D eigenvalue weighted by atomic mass is 9.81. The minimum absolute atomic E-state index is 0.196. The number of rotatable bonds is 15. The molecule has 0 saturated carbocycles. The van der Waals surface area contributed by atoms with Gasteiger partial charge in [0.1, 0.15) is 12.2 Å². The molecule has 0 fully saturated rings. The van der Waals surface area contributed by atoms with Gasteiger partial charge in [-0.3, -0.25) is 9.59 Å². The van der Waals surface area contributed by atoms with E-state index in [1.54, 1.807) is 52.7 Å². The largest absolute Gasteiger partial charge is 0.493 e. The number of carbonyl (C=O) groups excluding carboxylic acids is 2. The molecule has 2 aromatic carbocycles. The van der Waals surface area contributed by atoms with Gasteiger partial charge >= 0.3 is 0 Å². The summed E-state index contributed by atoms with van der Waals surface area (Å²) >= 11 is 4.53. The standard InChI is InChI=1S/C24H28I2O8/c1-29-19-7-5-15(9-21(19)31-3)23(33-13-27)17(11-25)18(12-26)24(34-14-28)16-6-8-20(30-2)22(10-16)32-4/h5-10,13-14,17-18,23-24H,11-12H2,1-4H3/t17-,18-,23+,24+/m0/s1. The van der Waals surface area contributed by atoms with Crippen LogP contribution in [0.15, 0.2) is 36.4 Å². The van der Waals surface area contributed by atoms with Crippen LogP contribution in [0.4, 0.5) is 0 Å². The van der Waals surface area contributed by atoms with Crippen molar-refractivity contribution in [2.24, 2.45) is 11.8 Å². The first kappa shape index (κ1) is 28.3. The van der Waals surface area contributed by atoms with Crippen molar-refractivity contribution < 1.29 is 38.0 Å². The van der Waals surface area contributed by atoms with E-state index >= 15 is 0 Å². The molecular formula is C24H28I2O8. The van der Waals surface area contributed by atoms with Gasteiger partial charge in [0.25, 0.3) is 12.9 Å². The average molecular weight is 698 g/mol. The number of ether oxygens (including phenoxy) is 6. The normalized spacial score (nSPS) is 14.2. The minimum Gasteiger partial charge on any atom is -0.493 e. The molecule has 0 aliphatic rings. The Labute approximate surface area is 226 Å². The van der Waals surface area contributed by atoms with Crippen molar-refractivity contribution >= 4 is 58.1 Å². The number of methoxy groups -OCH3 is 4. The molecule has 4 atom stereocenters. The van der Waals surface area contributed by atoms with E-state index in [2.05, 4.69) is 45.2 Å². The third-order valence-electron chi connectivity index (χ3n) is 5.56. The first-order valence-corrected chi connectivity index (χ1v) is 13.3. The summed E-state index contributed by atoms with van der Waals surface area (Å²) in [4.78, 5) is 23.0. The molecule has 0 radical (unpaired) electrons. The Kier molecular flexibility index (Phi) is 12.0. The highest BCUT2D eigenvalue weighted by molar-refractivity contribution is 14.1. The van der Waals surface area contributed by atoms with Crippen molar-refractivity contribution in [2.75, 3.05) is 37.3 Å². The summed E-state index contributed by atoms with van der Waals surface area (Å²) in [6.45, 7) is 0.883.